The lowest BCUT2D eigenvalue weighted by Crippen LogP contribution is -2.35. The highest BCUT2D eigenvalue weighted by molar-refractivity contribution is 5.74. The van der Waals surface area contributed by atoms with Gasteiger partial charge >= 0.3 is 5.97 Å². The molecule has 0 aliphatic carbocycles. The normalized spacial score (nSPS) is 12.6. The van der Waals surface area contributed by atoms with Crippen molar-refractivity contribution in [3.05, 3.63) is 0 Å². The van der Waals surface area contributed by atoms with Crippen LogP contribution >= 0.6 is 0 Å². The quantitative estimate of drug-likeness (QED) is 0.422. The minimum atomic E-state index is -0.286. The van der Waals surface area contributed by atoms with E-state index in [0.29, 0.717) is 13.0 Å². The number of esters is 1. The number of aliphatic hydroxyl groups is 1. The summed E-state index contributed by atoms with van der Waals surface area (Å²) in [6.07, 6.45) is 0.654. The van der Waals surface area contributed by atoms with Crippen molar-refractivity contribution >= 4 is 5.97 Å². The molecular weight excluding hydrogens is 146 g/mol. The number of hydrogen-bond acceptors (Lipinski definition) is 4. The van der Waals surface area contributed by atoms with E-state index in [2.05, 4.69) is 10.1 Å². The van der Waals surface area contributed by atoms with Crippen molar-refractivity contribution in [1.29, 1.82) is 0 Å². The smallest absolute Gasteiger partial charge is 0.322 e. The highest BCUT2D eigenvalue weighted by Gasteiger charge is 2.10. The molecule has 66 valence electrons. The lowest BCUT2D eigenvalue weighted by molar-refractivity contribution is -0.142. The minimum absolute atomic E-state index is 0.140. The van der Waals surface area contributed by atoms with Crippen molar-refractivity contribution in [3.63, 3.8) is 0 Å². The molecule has 0 aliphatic rings. The lowest BCUT2D eigenvalue weighted by atomic mass is 10.3. The van der Waals surface area contributed by atoms with Crippen LogP contribution in [0.4, 0.5) is 0 Å². The van der Waals surface area contributed by atoms with Crippen LogP contribution in [-0.4, -0.2) is 37.4 Å². The van der Waals surface area contributed by atoms with Gasteiger partial charge in [-0.3, -0.25) is 4.79 Å². The van der Waals surface area contributed by atoms with Gasteiger partial charge in [0.05, 0.1) is 7.11 Å². The Morgan fingerprint density at radius 2 is 2.36 bits per heavy atom. The minimum Gasteiger partial charge on any atom is -0.468 e. The van der Waals surface area contributed by atoms with Gasteiger partial charge in [-0.15, -0.1) is 0 Å². The van der Waals surface area contributed by atoms with Crippen LogP contribution in [0.5, 0.6) is 0 Å². The van der Waals surface area contributed by atoms with Gasteiger partial charge in [0.25, 0.3) is 0 Å². The van der Waals surface area contributed by atoms with Crippen LogP contribution in [0, 0.1) is 0 Å². The second kappa shape index (κ2) is 6.12. The van der Waals surface area contributed by atoms with Crippen LogP contribution in [0.2, 0.25) is 0 Å². The van der Waals surface area contributed by atoms with E-state index < -0.39 is 0 Å². The summed E-state index contributed by atoms with van der Waals surface area (Å²) < 4.78 is 4.48. The molecule has 0 bridgehead atoms. The van der Waals surface area contributed by atoms with E-state index in [1.807, 2.05) is 0 Å². The molecule has 0 aromatic heterocycles. The van der Waals surface area contributed by atoms with E-state index >= 15 is 0 Å². The van der Waals surface area contributed by atoms with E-state index in [9.17, 15) is 4.79 Å². The Kier molecular flexibility index (Phi) is 5.78. The van der Waals surface area contributed by atoms with Crippen molar-refractivity contribution < 1.29 is 14.6 Å². The van der Waals surface area contributed by atoms with E-state index in [1.54, 1.807) is 6.92 Å². The molecule has 0 aliphatic heterocycles. The Morgan fingerprint density at radius 1 is 1.73 bits per heavy atom. The molecular formula is C7H15NO3. The second-order valence-electron chi connectivity index (χ2n) is 2.28. The summed E-state index contributed by atoms with van der Waals surface area (Å²) in [6.45, 7) is 2.50. The number of ether oxygens (including phenoxy) is 1. The first kappa shape index (κ1) is 10.4. The number of hydrogen-bond donors (Lipinski definition) is 2. The maximum absolute atomic E-state index is 10.8. The molecule has 0 heterocycles. The van der Waals surface area contributed by atoms with Crippen LogP contribution in [0.15, 0.2) is 0 Å². The predicted molar refractivity (Wildman–Crippen MR) is 41.2 cm³/mol. The largest absolute Gasteiger partial charge is 0.468 e. The fourth-order valence-electron chi connectivity index (χ4n) is 0.658. The topological polar surface area (TPSA) is 58.6 Å². The van der Waals surface area contributed by atoms with E-state index in [4.69, 9.17) is 5.11 Å². The number of aliphatic hydroxyl groups excluding tert-OH is 1. The van der Waals surface area contributed by atoms with Crippen molar-refractivity contribution in [3.8, 4) is 0 Å². The molecule has 0 radical (unpaired) electrons. The van der Waals surface area contributed by atoms with Crippen molar-refractivity contribution in [2.75, 3.05) is 20.3 Å². The third-order valence-corrected chi connectivity index (χ3v) is 1.34. The fraction of sp³-hybridized carbons (Fsp3) is 0.857. The number of carbonyl (C=O) groups excluding carboxylic acids is 1. The van der Waals surface area contributed by atoms with Gasteiger partial charge in [0.1, 0.15) is 6.04 Å². The lowest BCUT2D eigenvalue weighted by Gasteiger charge is -2.09. The fourth-order valence-corrected chi connectivity index (χ4v) is 0.658. The third-order valence-electron chi connectivity index (χ3n) is 1.34. The molecule has 0 spiro atoms. The van der Waals surface area contributed by atoms with Gasteiger partial charge in [-0.2, -0.15) is 0 Å². The summed E-state index contributed by atoms with van der Waals surface area (Å²) in [5.41, 5.74) is 0. The molecule has 2 N–H and O–H groups in total. The average molecular weight is 161 g/mol. The van der Waals surface area contributed by atoms with Gasteiger partial charge in [-0.05, 0) is 19.9 Å². The van der Waals surface area contributed by atoms with E-state index in [-0.39, 0.29) is 18.6 Å². The van der Waals surface area contributed by atoms with E-state index in [1.165, 1.54) is 7.11 Å². The maximum Gasteiger partial charge on any atom is 0.322 e. The third kappa shape index (κ3) is 4.75. The Bertz CT molecular complexity index is 116. The summed E-state index contributed by atoms with van der Waals surface area (Å²) >= 11 is 0. The molecule has 1 atom stereocenters. The summed E-state index contributed by atoms with van der Waals surface area (Å²) in [6, 6.07) is -0.286. The zero-order chi connectivity index (χ0) is 8.69. The monoisotopic (exact) mass is 161 g/mol. The molecule has 11 heavy (non-hydrogen) atoms. The zero-order valence-corrected chi connectivity index (χ0v) is 6.96. The van der Waals surface area contributed by atoms with Gasteiger partial charge in [-0.25, -0.2) is 0 Å². The molecule has 4 nitrogen and oxygen atoms in total. The van der Waals surface area contributed by atoms with Gasteiger partial charge in [0, 0.05) is 6.61 Å². The Morgan fingerprint density at radius 3 is 2.82 bits per heavy atom. The number of carbonyl (C=O) groups is 1. The highest BCUT2D eigenvalue weighted by Crippen LogP contribution is 1.85. The summed E-state index contributed by atoms with van der Waals surface area (Å²) in [4.78, 5) is 10.8. The van der Waals surface area contributed by atoms with Gasteiger partial charge in [-0.1, -0.05) is 0 Å². The van der Waals surface area contributed by atoms with Crippen molar-refractivity contribution in [2.24, 2.45) is 0 Å². The molecule has 0 saturated heterocycles. The van der Waals surface area contributed by atoms with Gasteiger partial charge < -0.3 is 15.2 Å². The van der Waals surface area contributed by atoms with Crippen molar-refractivity contribution in [1.82, 2.24) is 5.32 Å². The first-order chi connectivity index (χ1) is 5.22. The highest BCUT2D eigenvalue weighted by atomic mass is 16.5. The van der Waals surface area contributed by atoms with Crippen LogP contribution in [-0.2, 0) is 9.53 Å². The molecule has 0 unspecified atom stereocenters. The number of nitrogens with one attached hydrogen (secondary N) is 1. The molecule has 0 rings (SSSR count). The van der Waals surface area contributed by atoms with Gasteiger partial charge in [0.2, 0.25) is 0 Å². The average Bonchev–Trinajstić information content (AvgIpc) is 2.03. The Labute approximate surface area is 66.5 Å². The Balaban J connectivity index is 3.36. The number of methoxy groups -OCH3 is 1. The number of rotatable bonds is 5. The zero-order valence-electron chi connectivity index (χ0n) is 6.96. The van der Waals surface area contributed by atoms with Crippen LogP contribution in [0.1, 0.15) is 13.3 Å². The molecule has 0 amide bonds. The SMILES string of the molecule is COC(=O)[C@H](C)NCCCO. The first-order valence-corrected chi connectivity index (χ1v) is 3.64. The first-order valence-electron chi connectivity index (χ1n) is 3.64. The molecule has 0 aromatic carbocycles. The van der Waals surface area contributed by atoms with Crippen LogP contribution in [0.3, 0.4) is 0 Å². The Hall–Kier alpha value is -0.610. The van der Waals surface area contributed by atoms with Crippen LogP contribution in [0.25, 0.3) is 0 Å². The van der Waals surface area contributed by atoms with Crippen LogP contribution < -0.4 is 5.32 Å². The second-order valence-corrected chi connectivity index (χ2v) is 2.28. The molecule has 4 heteroatoms. The molecule has 0 fully saturated rings. The summed E-state index contributed by atoms with van der Waals surface area (Å²) in [5.74, 6) is -0.275. The predicted octanol–water partition coefficient (Wildman–Crippen LogP) is -0.480. The van der Waals surface area contributed by atoms with Gasteiger partial charge in [0.15, 0.2) is 0 Å². The molecule has 0 aromatic rings. The summed E-state index contributed by atoms with van der Waals surface area (Å²) in [5, 5.41) is 11.3. The standard InChI is InChI=1S/C7H15NO3/c1-6(7(10)11-2)8-4-3-5-9/h6,8-9H,3-5H2,1-2H3/t6-/m0/s1. The van der Waals surface area contributed by atoms with Crippen molar-refractivity contribution in [2.45, 2.75) is 19.4 Å². The molecule has 0 saturated carbocycles. The van der Waals surface area contributed by atoms with E-state index in [0.717, 1.165) is 0 Å². The summed E-state index contributed by atoms with van der Waals surface area (Å²) in [7, 11) is 1.35. The maximum atomic E-state index is 10.8.